The molecule has 0 radical (unpaired) electrons. The minimum atomic E-state index is -3.98. The molecule has 9 heteroatoms. The van der Waals surface area contributed by atoms with Crippen molar-refractivity contribution in [3.05, 3.63) is 53.6 Å². The van der Waals surface area contributed by atoms with Crippen LogP contribution in [0, 0.1) is 5.41 Å². The summed E-state index contributed by atoms with van der Waals surface area (Å²) in [4.78, 5) is 15.7. The van der Waals surface area contributed by atoms with Crippen LogP contribution >= 0.6 is 0 Å². The number of hydrogen-bond donors (Lipinski definition) is 1. The van der Waals surface area contributed by atoms with Crippen LogP contribution in [0.1, 0.15) is 75.6 Å². The zero-order valence-electron chi connectivity index (χ0n) is 21.8. The first-order valence-electron chi connectivity index (χ1n) is 13.8. The lowest BCUT2D eigenvalue weighted by Gasteiger charge is -2.38. The monoisotopic (exact) mass is 545 g/mol. The van der Waals surface area contributed by atoms with E-state index in [1.165, 1.54) is 43.4 Å². The molecule has 38 heavy (non-hydrogen) atoms. The third-order valence-corrected chi connectivity index (χ3v) is 11.2. The molecule has 0 atom stereocenters. The maximum atomic E-state index is 13.9. The average Bonchev–Trinajstić information content (AvgIpc) is 3.60. The summed E-state index contributed by atoms with van der Waals surface area (Å²) in [5.74, 6) is -3.07. The number of rotatable bonds is 5. The molecular weight excluding hydrogens is 508 g/mol. The summed E-state index contributed by atoms with van der Waals surface area (Å²) in [6.07, 6.45) is 6.10. The Hall–Kier alpha value is -2.52. The van der Waals surface area contributed by atoms with Gasteiger partial charge in [-0.2, -0.15) is 4.31 Å². The van der Waals surface area contributed by atoms with Crippen LogP contribution in [0.4, 0.5) is 20.2 Å². The molecule has 1 amide bonds. The Kier molecular flexibility index (Phi) is 6.11. The molecule has 0 bridgehead atoms. The summed E-state index contributed by atoms with van der Waals surface area (Å²) >= 11 is 0. The number of benzene rings is 2. The number of carbonyl (C=O) groups excluding carboxylic acids is 1. The van der Waals surface area contributed by atoms with Gasteiger partial charge in [0.05, 0.1) is 4.90 Å². The van der Waals surface area contributed by atoms with Crippen molar-refractivity contribution in [1.82, 2.24) is 4.31 Å². The number of halogens is 2. The molecule has 2 aromatic rings. The highest BCUT2D eigenvalue weighted by Crippen LogP contribution is 2.62. The summed E-state index contributed by atoms with van der Waals surface area (Å²) in [6.45, 7) is 3.00. The number of hydrogen-bond acceptors (Lipinski definition) is 4. The fraction of sp³-hybridized carbons (Fsp3) is 0.552. The Balaban J connectivity index is 0.00000308. The van der Waals surface area contributed by atoms with Crippen molar-refractivity contribution in [3.8, 4) is 0 Å². The van der Waals surface area contributed by atoms with E-state index in [1.54, 1.807) is 12.1 Å². The normalized spacial score (nSPS) is 23.4. The molecule has 0 aromatic heterocycles. The molecule has 1 N–H and O–H groups in total. The Labute approximate surface area is 224 Å². The molecule has 206 valence electrons. The van der Waals surface area contributed by atoms with E-state index in [0.29, 0.717) is 17.5 Å². The van der Waals surface area contributed by atoms with E-state index in [4.69, 9.17) is 0 Å². The van der Waals surface area contributed by atoms with Crippen LogP contribution in [0.3, 0.4) is 0 Å². The van der Waals surface area contributed by atoms with Crippen molar-refractivity contribution in [2.45, 2.75) is 74.5 Å². The summed E-state index contributed by atoms with van der Waals surface area (Å²) in [7, 11) is -3.98. The summed E-state index contributed by atoms with van der Waals surface area (Å²) in [5, 5.41) is 3.40. The van der Waals surface area contributed by atoms with E-state index < -0.39 is 28.8 Å². The predicted molar refractivity (Wildman–Crippen MR) is 146 cm³/mol. The predicted octanol–water partition coefficient (Wildman–Crippen LogP) is 6.04. The second-order valence-electron chi connectivity index (χ2n) is 11.7. The van der Waals surface area contributed by atoms with E-state index >= 15 is 0 Å². The summed E-state index contributed by atoms with van der Waals surface area (Å²) in [5.41, 5.74) is 3.87. The average molecular weight is 546 g/mol. The molecule has 6 nitrogen and oxygen atoms in total. The van der Waals surface area contributed by atoms with E-state index in [-0.39, 0.29) is 30.7 Å². The fourth-order valence-corrected chi connectivity index (χ4v) is 8.16. The van der Waals surface area contributed by atoms with Gasteiger partial charge in [-0.3, -0.25) is 4.79 Å². The van der Waals surface area contributed by atoms with Crippen LogP contribution < -0.4 is 10.2 Å². The van der Waals surface area contributed by atoms with Crippen molar-refractivity contribution < 1.29 is 23.4 Å². The minimum Gasteiger partial charge on any atom is -0.385 e. The molecule has 2 saturated carbocycles. The molecule has 2 spiro atoms. The van der Waals surface area contributed by atoms with E-state index in [1.807, 2.05) is 17.0 Å². The van der Waals surface area contributed by atoms with Crippen molar-refractivity contribution in [3.63, 3.8) is 0 Å². The van der Waals surface area contributed by atoms with Gasteiger partial charge in [0.2, 0.25) is 10.0 Å². The van der Waals surface area contributed by atoms with E-state index in [9.17, 15) is 22.0 Å². The standard InChI is InChI=1S/C29H35F2N3O3S.H2/c1-2-32-22-6-7-25-24(19-22)28(12-10-27(8-9-27)11-13-28)20-34(25)26(35)21-4-3-5-23(18-21)38(36,37)33-16-14-29(30,31)15-17-33;/h3-7,18-19,32H,2,8-17,20H2,1H3;1H. The smallest absolute Gasteiger partial charge is 0.258 e. The number of nitrogens with one attached hydrogen (secondary N) is 1. The maximum absolute atomic E-state index is 13.9. The lowest BCUT2D eigenvalue weighted by molar-refractivity contribution is -0.0412. The molecule has 2 aliphatic heterocycles. The molecular formula is C29H37F2N3O3S. The highest BCUT2D eigenvalue weighted by Gasteiger charge is 2.53. The number of amides is 1. The lowest BCUT2D eigenvalue weighted by atomic mass is 9.66. The van der Waals surface area contributed by atoms with Gasteiger partial charge in [0.15, 0.2) is 0 Å². The number of anilines is 2. The molecule has 2 heterocycles. The molecule has 2 aliphatic carbocycles. The van der Waals surface area contributed by atoms with Crippen LogP contribution in [0.2, 0.25) is 0 Å². The van der Waals surface area contributed by atoms with Gasteiger partial charge < -0.3 is 10.2 Å². The Morgan fingerprint density at radius 3 is 2.32 bits per heavy atom. The first-order valence-corrected chi connectivity index (χ1v) is 15.2. The van der Waals surface area contributed by atoms with Gasteiger partial charge >= 0.3 is 0 Å². The fourth-order valence-electron chi connectivity index (χ4n) is 6.68. The van der Waals surface area contributed by atoms with Crippen molar-refractivity contribution in [2.24, 2.45) is 5.41 Å². The summed E-state index contributed by atoms with van der Waals surface area (Å²) < 4.78 is 54.8. The first kappa shape index (κ1) is 25.7. The number of carbonyl (C=O) groups is 1. The van der Waals surface area contributed by atoms with Crippen molar-refractivity contribution in [1.29, 1.82) is 0 Å². The largest absolute Gasteiger partial charge is 0.385 e. The molecule has 1 saturated heterocycles. The minimum absolute atomic E-state index is 0. The van der Waals surface area contributed by atoms with Crippen LogP contribution in [-0.2, 0) is 15.4 Å². The third-order valence-electron chi connectivity index (χ3n) is 9.34. The van der Waals surface area contributed by atoms with Crippen LogP contribution in [0.5, 0.6) is 0 Å². The van der Waals surface area contributed by atoms with Crippen LogP contribution in [0.15, 0.2) is 47.4 Å². The highest BCUT2D eigenvalue weighted by molar-refractivity contribution is 7.89. The number of sulfonamides is 1. The van der Waals surface area contributed by atoms with Gasteiger partial charge in [0.1, 0.15) is 0 Å². The number of piperidine rings is 1. The van der Waals surface area contributed by atoms with Gasteiger partial charge in [0.25, 0.3) is 11.8 Å². The van der Waals surface area contributed by atoms with E-state index in [2.05, 4.69) is 18.3 Å². The van der Waals surface area contributed by atoms with Crippen LogP contribution in [0.25, 0.3) is 0 Å². The summed E-state index contributed by atoms with van der Waals surface area (Å²) in [6, 6.07) is 12.3. The van der Waals surface area contributed by atoms with Gasteiger partial charge in [-0.1, -0.05) is 6.07 Å². The molecule has 3 fully saturated rings. The molecule has 2 aromatic carbocycles. The Morgan fingerprint density at radius 1 is 0.974 bits per heavy atom. The third kappa shape index (κ3) is 4.41. The van der Waals surface area contributed by atoms with Gasteiger partial charge in [0, 0.05) is 62.8 Å². The Morgan fingerprint density at radius 2 is 1.66 bits per heavy atom. The zero-order chi connectivity index (χ0) is 26.8. The second kappa shape index (κ2) is 9.01. The maximum Gasteiger partial charge on any atom is 0.258 e. The zero-order valence-corrected chi connectivity index (χ0v) is 22.6. The lowest BCUT2D eigenvalue weighted by Crippen LogP contribution is -2.42. The SMILES string of the molecule is CCNc1ccc2c(c1)C1(CCC3(CC3)CC1)CN2C(=O)c1cccc(S(=O)(=O)N2CCC(F)(F)CC2)c1.[HH]. The van der Waals surface area contributed by atoms with Gasteiger partial charge in [-0.25, -0.2) is 17.2 Å². The second-order valence-corrected chi connectivity index (χ2v) is 13.7. The molecule has 6 rings (SSSR count). The molecule has 4 aliphatic rings. The Bertz CT molecular complexity index is 1360. The highest BCUT2D eigenvalue weighted by atomic mass is 32.2. The topological polar surface area (TPSA) is 69.7 Å². The van der Waals surface area contributed by atoms with Gasteiger partial charge in [-0.15, -0.1) is 0 Å². The molecule has 0 unspecified atom stereocenters. The number of nitrogens with zero attached hydrogens (tertiary/aromatic N) is 2. The quantitative estimate of drug-likeness (QED) is 0.498. The number of fused-ring (bicyclic) bond motifs is 2. The van der Waals surface area contributed by atoms with Crippen LogP contribution in [-0.4, -0.2) is 50.7 Å². The van der Waals surface area contributed by atoms with Crippen molar-refractivity contribution >= 4 is 27.3 Å². The number of alkyl halides is 2. The van der Waals surface area contributed by atoms with Crippen molar-refractivity contribution in [2.75, 3.05) is 36.4 Å². The van der Waals surface area contributed by atoms with E-state index in [0.717, 1.165) is 35.1 Å². The van der Waals surface area contributed by atoms with Gasteiger partial charge in [-0.05, 0) is 92.8 Å². The first-order chi connectivity index (χ1) is 18.1.